The molecule has 0 aliphatic carbocycles. The molecule has 1 aromatic rings. The normalized spacial score (nSPS) is 16.1. The van der Waals surface area contributed by atoms with Crippen molar-refractivity contribution >= 4 is 21.4 Å². The standard InChI is InChI=1S/C14H23N3O2S/c1-3-17(4-2)20(18,19)12-7-8-14(13(15)11-12)16-9-5-6-10-16/h7-8,11H,3-6,9-10,15H2,1-2H3. The highest BCUT2D eigenvalue weighted by Crippen LogP contribution is 2.29. The van der Waals surface area contributed by atoms with Gasteiger partial charge in [-0.3, -0.25) is 0 Å². The first-order chi connectivity index (χ1) is 9.50. The Kier molecular flexibility index (Phi) is 4.55. The molecule has 0 aromatic heterocycles. The van der Waals surface area contributed by atoms with Gasteiger partial charge in [-0.1, -0.05) is 13.8 Å². The summed E-state index contributed by atoms with van der Waals surface area (Å²) in [7, 11) is -3.43. The lowest BCUT2D eigenvalue weighted by molar-refractivity contribution is 0.445. The highest BCUT2D eigenvalue weighted by atomic mass is 32.2. The molecule has 0 bridgehead atoms. The maximum Gasteiger partial charge on any atom is 0.243 e. The van der Waals surface area contributed by atoms with Gasteiger partial charge >= 0.3 is 0 Å². The van der Waals surface area contributed by atoms with E-state index >= 15 is 0 Å². The second kappa shape index (κ2) is 6.01. The van der Waals surface area contributed by atoms with Crippen molar-refractivity contribution in [1.82, 2.24) is 4.31 Å². The van der Waals surface area contributed by atoms with Crippen molar-refractivity contribution in [3.05, 3.63) is 18.2 Å². The third-order valence-electron chi connectivity index (χ3n) is 3.79. The molecule has 0 radical (unpaired) electrons. The Morgan fingerprint density at radius 2 is 1.80 bits per heavy atom. The van der Waals surface area contributed by atoms with Crippen LogP contribution in [0.2, 0.25) is 0 Å². The van der Waals surface area contributed by atoms with Crippen LogP contribution in [0.5, 0.6) is 0 Å². The Labute approximate surface area is 121 Å². The van der Waals surface area contributed by atoms with Gasteiger partial charge in [0, 0.05) is 26.2 Å². The van der Waals surface area contributed by atoms with Crippen molar-refractivity contribution in [3.8, 4) is 0 Å². The number of hydrogen-bond donors (Lipinski definition) is 1. The van der Waals surface area contributed by atoms with Crippen molar-refractivity contribution in [3.63, 3.8) is 0 Å². The summed E-state index contributed by atoms with van der Waals surface area (Å²) in [6, 6.07) is 5.08. The first-order valence-electron chi connectivity index (χ1n) is 7.15. The molecule has 112 valence electrons. The zero-order valence-corrected chi connectivity index (χ0v) is 13.0. The first-order valence-corrected chi connectivity index (χ1v) is 8.59. The van der Waals surface area contributed by atoms with Crippen molar-refractivity contribution in [2.75, 3.05) is 36.8 Å². The summed E-state index contributed by atoms with van der Waals surface area (Å²) in [6.07, 6.45) is 2.33. The summed E-state index contributed by atoms with van der Waals surface area (Å²) in [6.45, 7) is 6.59. The van der Waals surface area contributed by atoms with Crippen LogP contribution in [0.25, 0.3) is 0 Å². The molecule has 2 rings (SSSR count). The van der Waals surface area contributed by atoms with Crippen molar-refractivity contribution < 1.29 is 8.42 Å². The van der Waals surface area contributed by atoms with Gasteiger partial charge in [0.15, 0.2) is 0 Å². The minimum atomic E-state index is -3.43. The van der Waals surface area contributed by atoms with Gasteiger partial charge in [-0.25, -0.2) is 8.42 Å². The lowest BCUT2D eigenvalue weighted by atomic mass is 10.2. The second-order valence-electron chi connectivity index (χ2n) is 5.00. The quantitative estimate of drug-likeness (QED) is 0.843. The molecule has 1 aliphatic rings. The molecule has 0 saturated carbocycles. The number of benzene rings is 1. The number of nitrogen functional groups attached to an aromatic ring is 1. The largest absolute Gasteiger partial charge is 0.397 e. The topological polar surface area (TPSA) is 66.6 Å². The van der Waals surface area contributed by atoms with Gasteiger partial charge in [-0.15, -0.1) is 0 Å². The summed E-state index contributed by atoms with van der Waals surface area (Å²) < 4.78 is 26.3. The zero-order valence-electron chi connectivity index (χ0n) is 12.2. The monoisotopic (exact) mass is 297 g/mol. The van der Waals surface area contributed by atoms with E-state index in [4.69, 9.17) is 5.73 Å². The van der Waals surface area contributed by atoms with E-state index in [1.807, 2.05) is 19.9 Å². The Morgan fingerprint density at radius 1 is 1.20 bits per heavy atom. The average molecular weight is 297 g/mol. The molecule has 1 saturated heterocycles. The van der Waals surface area contributed by atoms with E-state index in [1.54, 1.807) is 12.1 Å². The van der Waals surface area contributed by atoms with E-state index < -0.39 is 10.0 Å². The van der Waals surface area contributed by atoms with Crippen LogP contribution in [-0.4, -0.2) is 38.9 Å². The molecule has 6 heteroatoms. The molecular formula is C14H23N3O2S. The smallest absolute Gasteiger partial charge is 0.243 e. The molecule has 20 heavy (non-hydrogen) atoms. The van der Waals surface area contributed by atoms with E-state index in [0.29, 0.717) is 18.8 Å². The van der Waals surface area contributed by atoms with Gasteiger partial charge in [0.2, 0.25) is 10.0 Å². The van der Waals surface area contributed by atoms with Crippen LogP contribution in [0.3, 0.4) is 0 Å². The summed E-state index contributed by atoms with van der Waals surface area (Å²) in [5.41, 5.74) is 7.54. The molecule has 1 aliphatic heterocycles. The molecule has 2 N–H and O–H groups in total. The Bertz CT molecular complexity index is 562. The van der Waals surface area contributed by atoms with Crippen LogP contribution >= 0.6 is 0 Å². The predicted octanol–water partition coefficient (Wildman–Crippen LogP) is 1.90. The predicted molar refractivity (Wildman–Crippen MR) is 82.4 cm³/mol. The molecule has 1 heterocycles. The second-order valence-corrected chi connectivity index (χ2v) is 6.94. The molecular weight excluding hydrogens is 274 g/mol. The van der Waals surface area contributed by atoms with Crippen molar-refractivity contribution in [2.24, 2.45) is 0 Å². The number of rotatable bonds is 5. The summed E-state index contributed by atoms with van der Waals surface area (Å²) >= 11 is 0. The highest BCUT2D eigenvalue weighted by molar-refractivity contribution is 7.89. The summed E-state index contributed by atoms with van der Waals surface area (Å²) in [5, 5.41) is 0. The lowest BCUT2D eigenvalue weighted by Crippen LogP contribution is -2.30. The van der Waals surface area contributed by atoms with E-state index in [1.165, 1.54) is 17.1 Å². The fourth-order valence-corrected chi connectivity index (χ4v) is 4.15. The van der Waals surface area contributed by atoms with Gasteiger partial charge in [0.05, 0.1) is 16.3 Å². The zero-order chi connectivity index (χ0) is 14.8. The third-order valence-corrected chi connectivity index (χ3v) is 5.83. The molecule has 0 atom stereocenters. The summed E-state index contributed by atoms with van der Waals surface area (Å²) in [5.74, 6) is 0. The van der Waals surface area contributed by atoms with Gasteiger partial charge in [-0.05, 0) is 31.0 Å². The van der Waals surface area contributed by atoms with Crippen LogP contribution < -0.4 is 10.6 Å². The maximum absolute atomic E-state index is 12.4. The number of nitrogens with zero attached hydrogens (tertiary/aromatic N) is 2. The van der Waals surface area contributed by atoms with E-state index in [-0.39, 0.29) is 4.90 Å². The van der Waals surface area contributed by atoms with Crippen LogP contribution in [0.15, 0.2) is 23.1 Å². The Morgan fingerprint density at radius 3 is 2.30 bits per heavy atom. The average Bonchev–Trinajstić information content (AvgIpc) is 2.93. The minimum absolute atomic E-state index is 0.279. The molecule has 0 unspecified atom stereocenters. The maximum atomic E-state index is 12.4. The number of anilines is 2. The van der Waals surface area contributed by atoms with Crippen LogP contribution in [0, 0.1) is 0 Å². The molecule has 5 nitrogen and oxygen atoms in total. The van der Waals surface area contributed by atoms with E-state index in [0.717, 1.165) is 18.8 Å². The SMILES string of the molecule is CCN(CC)S(=O)(=O)c1ccc(N2CCCC2)c(N)c1. The van der Waals surface area contributed by atoms with Crippen molar-refractivity contribution in [2.45, 2.75) is 31.6 Å². The molecule has 1 fully saturated rings. The van der Waals surface area contributed by atoms with Crippen LogP contribution in [0.1, 0.15) is 26.7 Å². The number of sulfonamides is 1. The Balaban J connectivity index is 2.33. The van der Waals surface area contributed by atoms with Gasteiger partial charge < -0.3 is 10.6 Å². The van der Waals surface area contributed by atoms with Gasteiger partial charge in [0.1, 0.15) is 0 Å². The number of hydrogen-bond acceptors (Lipinski definition) is 4. The van der Waals surface area contributed by atoms with Gasteiger partial charge in [-0.2, -0.15) is 4.31 Å². The minimum Gasteiger partial charge on any atom is -0.397 e. The third kappa shape index (κ3) is 2.76. The first kappa shape index (κ1) is 15.1. The van der Waals surface area contributed by atoms with E-state index in [2.05, 4.69) is 4.90 Å². The fourth-order valence-electron chi connectivity index (χ4n) is 2.65. The van der Waals surface area contributed by atoms with Crippen molar-refractivity contribution in [1.29, 1.82) is 0 Å². The van der Waals surface area contributed by atoms with E-state index in [9.17, 15) is 8.42 Å². The molecule has 0 amide bonds. The summed E-state index contributed by atoms with van der Waals surface area (Å²) in [4.78, 5) is 2.49. The Hall–Kier alpha value is -1.27. The van der Waals surface area contributed by atoms with Gasteiger partial charge in [0.25, 0.3) is 0 Å². The van der Waals surface area contributed by atoms with Crippen LogP contribution in [-0.2, 0) is 10.0 Å². The highest BCUT2D eigenvalue weighted by Gasteiger charge is 2.23. The van der Waals surface area contributed by atoms with Crippen LogP contribution in [0.4, 0.5) is 11.4 Å². The lowest BCUT2D eigenvalue weighted by Gasteiger charge is -2.22. The fraction of sp³-hybridized carbons (Fsp3) is 0.571. The molecule has 0 spiro atoms. The molecule has 1 aromatic carbocycles. The number of nitrogens with two attached hydrogens (primary N) is 1.